The Labute approximate surface area is 196 Å². The summed E-state index contributed by atoms with van der Waals surface area (Å²) in [5.74, 6) is 0.800. The van der Waals surface area contributed by atoms with Crippen molar-refractivity contribution in [3.63, 3.8) is 0 Å². The van der Waals surface area contributed by atoms with Crippen LogP contribution in [-0.4, -0.2) is 44.8 Å². The fraction of sp³-hybridized carbons (Fsp3) is 0.593. The molecule has 0 unspecified atom stereocenters. The lowest BCUT2D eigenvalue weighted by Crippen LogP contribution is -2.44. The molecule has 3 aliphatic rings. The van der Waals surface area contributed by atoms with Gasteiger partial charge < -0.3 is 9.88 Å². The van der Waals surface area contributed by atoms with Crippen molar-refractivity contribution in [3.05, 3.63) is 62.8 Å². The molecule has 176 valence electrons. The Morgan fingerprint density at radius 3 is 2.58 bits per heavy atom. The Bertz CT molecular complexity index is 1040. The molecule has 3 heterocycles. The summed E-state index contributed by atoms with van der Waals surface area (Å²) < 4.78 is 0. The number of amides is 1. The van der Waals surface area contributed by atoms with Gasteiger partial charge in [-0.05, 0) is 44.6 Å². The Balaban J connectivity index is 1.34. The number of carbonyl (C=O) groups excluding carboxylic acids is 1. The SMILES string of the molecule is Cc1ccc(CC(=O)N2CCCC[C@@H]2c2nc3c(c(=O)[nH]2)CN(C2CCCCC2)CC3)cc1. The average molecular weight is 449 g/mol. The number of fused-ring (bicyclic) bond motifs is 1. The molecule has 2 fully saturated rings. The maximum atomic E-state index is 13.2. The normalized spacial score (nSPS) is 22.2. The van der Waals surface area contributed by atoms with E-state index in [1.165, 1.54) is 37.7 Å². The van der Waals surface area contributed by atoms with E-state index >= 15 is 0 Å². The average Bonchev–Trinajstić information content (AvgIpc) is 2.86. The number of rotatable bonds is 4. The highest BCUT2D eigenvalue weighted by Gasteiger charge is 2.32. The number of benzene rings is 1. The van der Waals surface area contributed by atoms with Gasteiger partial charge in [0.05, 0.1) is 23.7 Å². The van der Waals surface area contributed by atoms with Gasteiger partial charge in [0.15, 0.2) is 0 Å². The van der Waals surface area contributed by atoms with Gasteiger partial charge in [-0.15, -0.1) is 0 Å². The van der Waals surface area contributed by atoms with E-state index in [0.29, 0.717) is 24.8 Å². The minimum atomic E-state index is -0.133. The number of aryl methyl sites for hydroxylation is 1. The van der Waals surface area contributed by atoms with Crippen LogP contribution in [0, 0.1) is 6.92 Å². The summed E-state index contributed by atoms with van der Waals surface area (Å²) in [7, 11) is 0. The van der Waals surface area contributed by atoms with Crippen LogP contribution in [-0.2, 0) is 24.2 Å². The largest absolute Gasteiger partial charge is 0.332 e. The van der Waals surface area contributed by atoms with Crippen molar-refractivity contribution in [1.29, 1.82) is 0 Å². The quantitative estimate of drug-likeness (QED) is 0.766. The zero-order chi connectivity index (χ0) is 22.8. The summed E-state index contributed by atoms with van der Waals surface area (Å²) in [6.45, 7) is 4.47. The van der Waals surface area contributed by atoms with Gasteiger partial charge in [-0.25, -0.2) is 4.98 Å². The molecule has 1 saturated heterocycles. The van der Waals surface area contributed by atoms with Gasteiger partial charge in [-0.1, -0.05) is 49.1 Å². The zero-order valence-electron chi connectivity index (χ0n) is 19.8. The Morgan fingerprint density at radius 2 is 1.79 bits per heavy atom. The summed E-state index contributed by atoms with van der Waals surface area (Å²) in [6.07, 6.45) is 10.6. The lowest BCUT2D eigenvalue weighted by Gasteiger charge is -2.38. The van der Waals surface area contributed by atoms with Crippen molar-refractivity contribution in [2.24, 2.45) is 0 Å². The molecule has 1 N–H and O–H groups in total. The number of H-pyrrole nitrogens is 1. The number of carbonyl (C=O) groups is 1. The van der Waals surface area contributed by atoms with Gasteiger partial charge >= 0.3 is 0 Å². The van der Waals surface area contributed by atoms with Gasteiger partial charge in [-0.3, -0.25) is 14.5 Å². The van der Waals surface area contributed by atoms with Crippen LogP contribution in [0.4, 0.5) is 0 Å². The molecular formula is C27H36N4O2. The molecule has 1 aromatic heterocycles. The predicted octanol–water partition coefficient (Wildman–Crippen LogP) is 4.07. The van der Waals surface area contributed by atoms with Gasteiger partial charge in [0, 0.05) is 32.1 Å². The first kappa shape index (κ1) is 22.3. The second-order valence-electron chi connectivity index (χ2n) is 10.1. The molecule has 1 aliphatic carbocycles. The van der Waals surface area contributed by atoms with E-state index in [2.05, 4.69) is 28.9 Å². The van der Waals surface area contributed by atoms with Gasteiger partial charge in [0.1, 0.15) is 5.82 Å². The van der Waals surface area contributed by atoms with Crippen molar-refractivity contribution in [1.82, 2.24) is 19.8 Å². The summed E-state index contributed by atoms with van der Waals surface area (Å²) in [6, 6.07) is 8.64. The van der Waals surface area contributed by atoms with E-state index in [1.807, 2.05) is 17.0 Å². The van der Waals surface area contributed by atoms with Crippen molar-refractivity contribution >= 4 is 5.91 Å². The van der Waals surface area contributed by atoms with Crippen molar-refractivity contribution in [2.45, 2.75) is 89.8 Å². The van der Waals surface area contributed by atoms with Crippen LogP contribution < -0.4 is 5.56 Å². The number of piperidine rings is 1. The third kappa shape index (κ3) is 4.91. The molecule has 33 heavy (non-hydrogen) atoms. The van der Waals surface area contributed by atoms with Crippen LogP contribution in [0.25, 0.3) is 0 Å². The van der Waals surface area contributed by atoms with E-state index in [-0.39, 0.29) is 17.5 Å². The molecule has 5 rings (SSSR count). The highest BCUT2D eigenvalue weighted by atomic mass is 16.2. The molecule has 1 atom stereocenters. The summed E-state index contributed by atoms with van der Waals surface area (Å²) in [4.78, 5) is 38.9. The van der Waals surface area contributed by atoms with Crippen LogP contribution >= 0.6 is 0 Å². The van der Waals surface area contributed by atoms with E-state index in [1.54, 1.807) is 0 Å². The lowest BCUT2D eigenvalue weighted by atomic mass is 9.92. The van der Waals surface area contributed by atoms with Gasteiger partial charge in [0.25, 0.3) is 5.56 Å². The van der Waals surface area contributed by atoms with E-state index in [4.69, 9.17) is 4.98 Å². The molecule has 1 saturated carbocycles. The minimum Gasteiger partial charge on any atom is -0.332 e. The fourth-order valence-corrected chi connectivity index (χ4v) is 5.88. The third-order valence-electron chi connectivity index (χ3n) is 7.82. The van der Waals surface area contributed by atoms with Crippen molar-refractivity contribution in [3.8, 4) is 0 Å². The predicted molar refractivity (Wildman–Crippen MR) is 129 cm³/mol. The Morgan fingerprint density at radius 1 is 1.03 bits per heavy atom. The van der Waals surface area contributed by atoms with Crippen molar-refractivity contribution < 1.29 is 4.79 Å². The van der Waals surface area contributed by atoms with Crippen LogP contribution in [0.3, 0.4) is 0 Å². The topological polar surface area (TPSA) is 69.3 Å². The number of nitrogens with one attached hydrogen (secondary N) is 1. The summed E-state index contributed by atoms with van der Waals surface area (Å²) in [5.41, 5.74) is 4.00. The van der Waals surface area contributed by atoms with E-state index in [9.17, 15) is 9.59 Å². The van der Waals surface area contributed by atoms with Crippen molar-refractivity contribution in [2.75, 3.05) is 13.1 Å². The van der Waals surface area contributed by atoms with Crippen LogP contribution in [0.2, 0.25) is 0 Å². The summed E-state index contributed by atoms with van der Waals surface area (Å²) in [5, 5.41) is 0. The molecule has 2 aliphatic heterocycles. The fourth-order valence-electron chi connectivity index (χ4n) is 5.88. The lowest BCUT2D eigenvalue weighted by molar-refractivity contribution is -0.134. The number of hydrogen-bond acceptors (Lipinski definition) is 4. The monoisotopic (exact) mass is 448 g/mol. The standard InChI is InChI=1S/C27H36N4O2/c1-19-10-12-20(13-11-19)17-25(32)31-15-6-5-9-24(31)26-28-23-14-16-30(18-22(23)27(33)29-26)21-7-3-2-4-8-21/h10-13,21,24H,2-9,14-18H2,1H3,(H,28,29,33)/t24-/m1/s1. The molecule has 6 nitrogen and oxygen atoms in total. The van der Waals surface area contributed by atoms with E-state index in [0.717, 1.165) is 55.6 Å². The first-order valence-electron chi connectivity index (χ1n) is 12.8. The maximum Gasteiger partial charge on any atom is 0.255 e. The first-order valence-corrected chi connectivity index (χ1v) is 12.8. The van der Waals surface area contributed by atoms with Gasteiger partial charge in [0.2, 0.25) is 5.91 Å². The second-order valence-corrected chi connectivity index (χ2v) is 10.1. The number of nitrogens with zero attached hydrogens (tertiary/aromatic N) is 3. The van der Waals surface area contributed by atoms with Crippen LogP contribution in [0.1, 0.15) is 85.6 Å². The Hall–Kier alpha value is -2.47. The number of likely N-dealkylation sites (tertiary alicyclic amines) is 1. The Kier molecular flexibility index (Phi) is 6.63. The van der Waals surface area contributed by atoms with Crippen LogP contribution in [0.15, 0.2) is 29.1 Å². The number of aromatic amines is 1. The molecule has 0 bridgehead atoms. The number of aromatic nitrogens is 2. The third-order valence-corrected chi connectivity index (χ3v) is 7.82. The first-order chi connectivity index (χ1) is 16.1. The smallest absolute Gasteiger partial charge is 0.255 e. The zero-order valence-corrected chi connectivity index (χ0v) is 19.8. The maximum absolute atomic E-state index is 13.2. The molecule has 1 aromatic carbocycles. The summed E-state index contributed by atoms with van der Waals surface area (Å²) >= 11 is 0. The molecule has 1 amide bonds. The molecule has 0 radical (unpaired) electrons. The second kappa shape index (κ2) is 9.80. The molecule has 6 heteroatoms. The molecular weight excluding hydrogens is 412 g/mol. The highest BCUT2D eigenvalue weighted by molar-refractivity contribution is 5.79. The van der Waals surface area contributed by atoms with E-state index < -0.39 is 0 Å². The molecule has 0 spiro atoms. The number of hydrogen-bond donors (Lipinski definition) is 1. The highest BCUT2D eigenvalue weighted by Crippen LogP contribution is 2.31. The van der Waals surface area contributed by atoms with Crippen LogP contribution in [0.5, 0.6) is 0 Å². The minimum absolute atomic E-state index is 0.00739. The van der Waals surface area contributed by atoms with Gasteiger partial charge in [-0.2, -0.15) is 0 Å². The molecule has 2 aromatic rings.